The maximum absolute atomic E-state index is 5.93. The number of fused-ring (bicyclic) bond motifs is 1. The standard InChI is InChI=1S/C15H28N2O/c1-2-15(7-4-8-16-11-15)12-17-9-10-18-14-6-3-5-13(14)17/h13-14,16H,2-12H2,1H3. The number of nitrogens with zero attached hydrogens (tertiary/aromatic N) is 1. The molecule has 0 amide bonds. The van der Waals surface area contributed by atoms with Crippen molar-refractivity contribution >= 4 is 0 Å². The van der Waals surface area contributed by atoms with Crippen LogP contribution in [0.25, 0.3) is 0 Å². The predicted octanol–water partition coefficient (Wildman–Crippen LogP) is 2.02. The van der Waals surface area contributed by atoms with Crippen LogP contribution in [0.3, 0.4) is 0 Å². The van der Waals surface area contributed by atoms with Crippen molar-refractivity contribution in [2.45, 2.75) is 57.6 Å². The van der Waals surface area contributed by atoms with Crippen molar-refractivity contribution in [3.05, 3.63) is 0 Å². The number of nitrogens with one attached hydrogen (secondary N) is 1. The smallest absolute Gasteiger partial charge is 0.0730 e. The highest BCUT2D eigenvalue weighted by Crippen LogP contribution is 2.36. The second-order valence-corrected chi connectivity index (χ2v) is 6.51. The first-order valence-corrected chi connectivity index (χ1v) is 7.89. The molecule has 3 atom stereocenters. The van der Waals surface area contributed by atoms with Crippen LogP contribution in [-0.4, -0.2) is 49.8 Å². The van der Waals surface area contributed by atoms with Crippen molar-refractivity contribution in [1.82, 2.24) is 10.2 Å². The van der Waals surface area contributed by atoms with E-state index in [-0.39, 0.29) is 0 Å². The Kier molecular flexibility index (Phi) is 3.92. The lowest BCUT2D eigenvalue weighted by atomic mass is 9.77. The molecule has 18 heavy (non-hydrogen) atoms. The van der Waals surface area contributed by atoms with Gasteiger partial charge in [0.1, 0.15) is 0 Å². The van der Waals surface area contributed by atoms with Crippen LogP contribution in [-0.2, 0) is 4.74 Å². The SMILES string of the molecule is CCC1(CN2CCOC3CCCC32)CCCNC1. The fraction of sp³-hybridized carbons (Fsp3) is 1.00. The summed E-state index contributed by atoms with van der Waals surface area (Å²) in [6.45, 7) is 8.22. The van der Waals surface area contributed by atoms with Crippen molar-refractivity contribution in [3.8, 4) is 0 Å². The molecule has 0 aromatic carbocycles. The highest BCUT2D eigenvalue weighted by atomic mass is 16.5. The van der Waals surface area contributed by atoms with E-state index in [4.69, 9.17) is 4.74 Å². The van der Waals surface area contributed by atoms with E-state index in [2.05, 4.69) is 17.1 Å². The summed E-state index contributed by atoms with van der Waals surface area (Å²) in [4.78, 5) is 2.76. The van der Waals surface area contributed by atoms with Gasteiger partial charge in [0, 0.05) is 25.7 Å². The lowest BCUT2D eigenvalue weighted by Crippen LogP contribution is -2.55. The molecule has 0 radical (unpaired) electrons. The third kappa shape index (κ3) is 2.45. The third-order valence-electron chi connectivity index (χ3n) is 5.45. The lowest BCUT2D eigenvalue weighted by molar-refractivity contribution is -0.0713. The Morgan fingerprint density at radius 1 is 1.33 bits per heavy atom. The summed E-state index contributed by atoms with van der Waals surface area (Å²) in [6, 6.07) is 0.726. The summed E-state index contributed by atoms with van der Waals surface area (Å²) >= 11 is 0. The van der Waals surface area contributed by atoms with Crippen LogP contribution in [0, 0.1) is 5.41 Å². The summed E-state index contributed by atoms with van der Waals surface area (Å²) in [7, 11) is 0. The van der Waals surface area contributed by atoms with Crippen molar-refractivity contribution in [2.24, 2.45) is 5.41 Å². The van der Waals surface area contributed by atoms with Crippen LogP contribution in [0.1, 0.15) is 45.4 Å². The van der Waals surface area contributed by atoms with Crippen molar-refractivity contribution < 1.29 is 4.74 Å². The number of ether oxygens (including phenoxy) is 1. The van der Waals surface area contributed by atoms with Gasteiger partial charge in [-0.1, -0.05) is 6.92 Å². The minimum atomic E-state index is 0.530. The van der Waals surface area contributed by atoms with Crippen molar-refractivity contribution in [1.29, 1.82) is 0 Å². The van der Waals surface area contributed by atoms with Crippen LogP contribution in [0.15, 0.2) is 0 Å². The van der Waals surface area contributed by atoms with Gasteiger partial charge < -0.3 is 10.1 Å². The maximum atomic E-state index is 5.93. The van der Waals surface area contributed by atoms with E-state index in [9.17, 15) is 0 Å². The van der Waals surface area contributed by atoms with Gasteiger partial charge in [0.25, 0.3) is 0 Å². The van der Waals surface area contributed by atoms with Crippen molar-refractivity contribution in [2.75, 3.05) is 32.8 Å². The molecule has 3 aliphatic rings. The molecule has 0 spiro atoms. The Balaban J connectivity index is 1.66. The van der Waals surface area contributed by atoms with E-state index in [1.54, 1.807) is 0 Å². The number of morpholine rings is 1. The molecule has 2 aliphatic heterocycles. The fourth-order valence-corrected chi connectivity index (χ4v) is 4.21. The third-order valence-corrected chi connectivity index (χ3v) is 5.45. The Morgan fingerprint density at radius 3 is 3.06 bits per heavy atom. The lowest BCUT2D eigenvalue weighted by Gasteiger charge is -2.46. The topological polar surface area (TPSA) is 24.5 Å². The molecule has 1 saturated carbocycles. The average molecular weight is 252 g/mol. The molecule has 3 nitrogen and oxygen atoms in total. The highest BCUT2D eigenvalue weighted by molar-refractivity contribution is 4.94. The first-order valence-electron chi connectivity index (χ1n) is 7.89. The number of hydrogen-bond donors (Lipinski definition) is 1. The van der Waals surface area contributed by atoms with Gasteiger partial charge in [0.05, 0.1) is 12.7 Å². The van der Waals surface area contributed by atoms with Crippen LogP contribution in [0.5, 0.6) is 0 Å². The number of hydrogen-bond acceptors (Lipinski definition) is 3. The van der Waals surface area contributed by atoms with E-state index in [1.165, 1.54) is 58.2 Å². The van der Waals surface area contributed by atoms with E-state index in [0.717, 1.165) is 19.2 Å². The fourth-order valence-electron chi connectivity index (χ4n) is 4.21. The molecular formula is C15H28N2O. The van der Waals surface area contributed by atoms with E-state index in [1.807, 2.05) is 0 Å². The van der Waals surface area contributed by atoms with Crippen LogP contribution in [0.4, 0.5) is 0 Å². The van der Waals surface area contributed by atoms with Crippen LogP contribution in [0.2, 0.25) is 0 Å². The Bertz CT molecular complexity index is 276. The largest absolute Gasteiger partial charge is 0.375 e. The van der Waals surface area contributed by atoms with Gasteiger partial charge in [-0.2, -0.15) is 0 Å². The molecule has 1 aliphatic carbocycles. The summed E-state index contributed by atoms with van der Waals surface area (Å²) in [5, 5.41) is 3.62. The second kappa shape index (κ2) is 5.48. The van der Waals surface area contributed by atoms with Gasteiger partial charge in [-0.05, 0) is 50.5 Å². The summed E-state index contributed by atoms with van der Waals surface area (Å²) in [6.07, 6.45) is 8.63. The number of piperidine rings is 1. The molecular weight excluding hydrogens is 224 g/mol. The van der Waals surface area contributed by atoms with Crippen molar-refractivity contribution in [3.63, 3.8) is 0 Å². The molecule has 3 fully saturated rings. The summed E-state index contributed by atoms with van der Waals surface area (Å²) < 4.78 is 5.93. The van der Waals surface area contributed by atoms with Gasteiger partial charge in [0.2, 0.25) is 0 Å². The first kappa shape index (κ1) is 12.9. The maximum Gasteiger partial charge on any atom is 0.0730 e. The van der Waals surface area contributed by atoms with E-state index >= 15 is 0 Å². The molecule has 0 aromatic rings. The van der Waals surface area contributed by atoms with Crippen LogP contribution < -0.4 is 5.32 Å². The van der Waals surface area contributed by atoms with E-state index in [0.29, 0.717) is 11.5 Å². The van der Waals surface area contributed by atoms with Gasteiger partial charge in [-0.15, -0.1) is 0 Å². The van der Waals surface area contributed by atoms with Gasteiger partial charge in [-0.3, -0.25) is 4.90 Å². The van der Waals surface area contributed by atoms with Gasteiger partial charge in [0.15, 0.2) is 0 Å². The monoisotopic (exact) mass is 252 g/mol. The summed E-state index contributed by atoms with van der Waals surface area (Å²) in [5.74, 6) is 0. The quantitative estimate of drug-likeness (QED) is 0.831. The zero-order valence-electron chi connectivity index (χ0n) is 11.8. The summed E-state index contributed by atoms with van der Waals surface area (Å²) in [5.41, 5.74) is 0.530. The molecule has 3 unspecified atom stereocenters. The molecule has 0 bridgehead atoms. The predicted molar refractivity (Wildman–Crippen MR) is 73.8 cm³/mol. The Morgan fingerprint density at radius 2 is 2.28 bits per heavy atom. The highest BCUT2D eigenvalue weighted by Gasteiger charge is 2.40. The van der Waals surface area contributed by atoms with Crippen LogP contribution >= 0.6 is 0 Å². The zero-order chi connectivity index (χ0) is 12.4. The first-order chi connectivity index (χ1) is 8.83. The Labute approximate surface area is 111 Å². The van der Waals surface area contributed by atoms with Gasteiger partial charge >= 0.3 is 0 Å². The van der Waals surface area contributed by atoms with E-state index < -0.39 is 0 Å². The van der Waals surface area contributed by atoms with Gasteiger partial charge in [-0.25, -0.2) is 0 Å². The molecule has 1 N–H and O–H groups in total. The molecule has 2 heterocycles. The number of rotatable bonds is 3. The molecule has 104 valence electrons. The molecule has 2 saturated heterocycles. The Hall–Kier alpha value is -0.120. The zero-order valence-corrected chi connectivity index (χ0v) is 11.8. The minimum absolute atomic E-state index is 0.530. The average Bonchev–Trinajstić information content (AvgIpc) is 2.89. The molecule has 0 aromatic heterocycles. The molecule has 3 rings (SSSR count). The normalized spacial score (nSPS) is 41.8. The molecule has 3 heteroatoms. The second-order valence-electron chi connectivity index (χ2n) is 6.51. The minimum Gasteiger partial charge on any atom is -0.375 e.